The maximum Gasteiger partial charge on any atom is 0.318 e. The van der Waals surface area contributed by atoms with E-state index < -0.39 is 0 Å². The van der Waals surface area contributed by atoms with E-state index in [4.69, 9.17) is 4.74 Å². The van der Waals surface area contributed by atoms with Gasteiger partial charge in [0, 0.05) is 18.1 Å². The van der Waals surface area contributed by atoms with E-state index in [1.54, 1.807) is 17.5 Å². The van der Waals surface area contributed by atoms with E-state index in [1.165, 1.54) is 0 Å². The lowest BCUT2D eigenvalue weighted by Gasteiger charge is -2.40. The highest BCUT2D eigenvalue weighted by molar-refractivity contribution is 7.09. The van der Waals surface area contributed by atoms with Crippen molar-refractivity contribution >= 4 is 17.4 Å². The summed E-state index contributed by atoms with van der Waals surface area (Å²) in [7, 11) is 0. The molecule has 20 heavy (non-hydrogen) atoms. The van der Waals surface area contributed by atoms with Crippen molar-refractivity contribution in [2.75, 3.05) is 19.7 Å². The fraction of sp³-hybridized carbons (Fsp3) is 0.714. The number of nitrogens with one attached hydrogen (secondary N) is 1. The maximum absolute atomic E-state index is 12.4. The molecule has 1 fully saturated rings. The molecule has 1 N–H and O–H groups in total. The normalized spacial score (nSPS) is 24.4. The van der Waals surface area contributed by atoms with Gasteiger partial charge in [-0.1, -0.05) is 13.8 Å². The molecule has 2 atom stereocenters. The first-order valence-corrected chi connectivity index (χ1v) is 8.04. The molecule has 1 aliphatic rings. The Kier molecular flexibility index (Phi) is 4.99. The second-order valence-electron chi connectivity index (χ2n) is 5.35. The van der Waals surface area contributed by atoms with Gasteiger partial charge in [0.15, 0.2) is 0 Å². The third-order valence-electron chi connectivity index (χ3n) is 3.83. The Balaban J connectivity index is 1.97. The number of aromatic nitrogens is 1. The summed E-state index contributed by atoms with van der Waals surface area (Å²) in [5, 5.41) is 5.98. The van der Waals surface area contributed by atoms with Crippen LogP contribution in [0, 0.1) is 0 Å². The summed E-state index contributed by atoms with van der Waals surface area (Å²) >= 11 is 1.58. The molecule has 5 nitrogen and oxygen atoms in total. The van der Waals surface area contributed by atoms with E-state index in [2.05, 4.69) is 31.1 Å². The first-order valence-electron chi connectivity index (χ1n) is 7.16. The monoisotopic (exact) mass is 297 g/mol. The van der Waals surface area contributed by atoms with Crippen LogP contribution < -0.4 is 5.32 Å². The van der Waals surface area contributed by atoms with Gasteiger partial charge in [0.05, 0.1) is 24.8 Å². The number of morpholine rings is 1. The molecule has 6 heteroatoms. The summed E-state index contributed by atoms with van der Waals surface area (Å²) in [5.41, 5.74) is -0.224. The van der Waals surface area contributed by atoms with Crippen LogP contribution in [0.1, 0.15) is 44.7 Å². The van der Waals surface area contributed by atoms with Crippen molar-refractivity contribution in [1.29, 1.82) is 0 Å². The third kappa shape index (κ3) is 3.49. The minimum Gasteiger partial charge on any atom is -0.372 e. The number of hydrogen-bond acceptors (Lipinski definition) is 4. The van der Waals surface area contributed by atoms with Crippen LogP contribution in [0.3, 0.4) is 0 Å². The number of amides is 2. The van der Waals surface area contributed by atoms with Crippen molar-refractivity contribution < 1.29 is 9.53 Å². The molecule has 112 valence electrons. The Hall–Kier alpha value is -1.14. The molecule has 1 aromatic rings. The van der Waals surface area contributed by atoms with Crippen molar-refractivity contribution in [3.05, 3.63) is 16.6 Å². The second kappa shape index (κ2) is 6.54. The molecular weight excluding hydrogens is 274 g/mol. The molecule has 0 radical (unpaired) electrons. The molecular formula is C14H23N3O2S. The molecule has 1 aliphatic heterocycles. The lowest BCUT2D eigenvalue weighted by molar-refractivity contribution is -0.0874. The number of nitrogens with zero attached hydrogens (tertiary/aromatic N) is 2. The largest absolute Gasteiger partial charge is 0.372 e. The summed E-state index contributed by atoms with van der Waals surface area (Å²) in [5.74, 6) is 0. The Morgan fingerprint density at radius 3 is 3.05 bits per heavy atom. The predicted molar refractivity (Wildman–Crippen MR) is 79.9 cm³/mol. The molecule has 0 saturated carbocycles. The third-order valence-corrected chi connectivity index (χ3v) is 4.72. The van der Waals surface area contributed by atoms with E-state index in [0.717, 1.165) is 17.8 Å². The van der Waals surface area contributed by atoms with Gasteiger partial charge in [0.1, 0.15) is 5.01 Å². The van der Waals surface area contributed by atoms with Gasteiger partial charge >= 0.3 is 6.03 Å². The van der Waals surface area contributed by atoms with Gasteiger partial charge in [-0.15, -0.1) is 11.3 Å². The van der Waals surface area contributed by atoms with E-state index in [0.29, 0.717) is 19.7 Å². The summed E-state index contributed by atoms with van der Waals surface area (Å²) in [4.78, 5) is 18.5. The SMILES string of the molecule is CC[C@@H](NC(=O)N1CCO[C@](C)(CC)C1)c1nccs1. The molecule has 2 amide bonds. The fourth-order valence-electron chi connectivity index (χ4n) is 2.30. The second-order valence-corrected chi connectivity index (χ2v) is 6.28. The number of carbonyl (C=O) groups excluding carboxylic acids is 1. The molecule has 2 rings (SSSR count). The van der Waals surface area contributed by atoms with Crippen LogP contribution in [0.25, 0.3) is 0 Å². The Morgan fingerprint density at radius 1 is 1.65 bits per heavy atom. The molecule has 0 bridgehead atoms. The highest BCUT2D eigenvalue weighted by Gasteiger charge is 2.33. The molecule has 2 heterocycles. The molecule has 0 spiro atoms. The lowest BCUT2D eigenvalue weighted by Crippen LogP contribution is -2.54. The first kappa shape index (κ1) is 15.3. The number of hydrogen-bond donors (Lipinski definition) is 1. The van der Waals surface area contributed by atoms with Crippen molar-refractivity contribution in [1.82, 2.24) is 15.2 Å². The van der Waals surface area contributed by atoms with Gasteiger partial charge < -0.3 is 15.0 Å². The van der Waals surface area contributed by atoms with Crippen LogP contribution in [0.2, 0.25) is 0 Å². The Morgan fingerprint density at radius 2 is 2.45 bits per heavy atom. The molecule has 0 aromatic carbocycles. The standard InChI is InChI=1S/C14H23N3O2S/c1-4-11(12-15-6-9-20-12)16-13(18)17-7-8-19-14(3,5-2)10-17/h6,9,11H,4-5,7-8,10H2,1-3H3,(H,16,18)/t11-,14-/m1/s1. The number of ether oxygens (including phenoxy) is 1. The minimum atomic E-state index is -0.224. The Bertz CT molecular complexity index is 438. The number of rotatable bonds is 4. The van der Waals surface area contributed by atoms with Gasteiger partial charge in [0.25, 0.3) is 0 Å². The molecule has 1 saturated heterocycles. The average Bonchev–Trinajstić information content (AvgIpc) is 2.98. The summed E-state index contributed by atoms with van der Waals surface area (Å²) in [6, 6.07) is -0.0201. The molecule has 0 aliphatic carbocycles. The van der Waals surface area contributed by atoms with Gasteiger partial charge in [-0.25, -0.2) is 9.78 Å². The zero-order valence-corrected chi connectivity index (χ0v) is 13.2. The summed E-state index contributed by atoms with van der Waals surface area (Å²) < 4.78 is 5.77. The summed E-state index contributed by atoms with van der Waals surface area (Å²) in [6.07, 6.45) is 3.52. The van der Waals surface area contributed by atoms with E-state index in [9.17, 15) is 4.79 Å². The van der Waals surface area contributed by atoms with Crippen LogP contribution in [0.5, 0.6) is 0 Å². The fourth-order valence-corrected chi connectivity index (χ4v) is 3.08. The van der Waals surface area contributed by atoms with Crippen LogP contribution in [-0.2, 0) is 4.74 Å². The highest BCUT2D eigenvalue weighted by atomic mass is 32.1. The van der Waals surface area contributed by atoms with Crippen molar-refractivity contribution in [2.45, 2.75) is 45.3 Å². The number of urea groups is 1. The number of carbonyl (C=O) groups is 1. The first-order chi connectivity index (χ1) is 9.58. The minimum absolute atomic E-state index is 0.00164. The quantitative estimate of drug-likeness (QED) is 0.929. The lowest BCUT2D eigenvalue weighted by atomic mass is 10.0. The molecule has 0 unspecified atom stereocenters. The average molecular weight is 297 g/mol. The highest BCUT2D eigenvalue weighted by Crippen LogP contribution is 2.23. The van der Waals surface area contributed by atoms with Gasteiger partial charge in [0.2, 0.25) is 0 Å². The van der Waals surface area contributed by atoms with Gasteiger partial charge in [-0.2, -0.15) is 0 Å². The van der Waals surface area contributed by atoms with Crippen LogP contribution in [0.15, 0.2) is 11.6 Å². The van der Waals surface area contributed by atoms with Gasteiger partial charge in [-0.05, 0) is 19.8 Å². The topological polar surface area (TPSA) is 54.5 Å². The van der Waals surface area contributed by atoms with E-state index >= 15 is 0 Å². The molecule has 1 aromatic heterocycles. The van der Waals surface area contributed by atoms with E-state index in [1.807, 2.05) is 10.3 Å². The predicted octanol–water partition coefficient (Wildman–Crippen LogP) is 2.80. The van der Waals surface area contributed by atoms with Crippen LogP contribution in [0.4, 0.5) is 4.79 Å². The van der Waals surface area contributed by atoms with E-state index in [-0.39, 0.29) is 17.7 Å². The number of thiazole rings is 1. The zero-order chi connectivity index (χ0) is 14.6. The smallest absolute Gasteiger partial charge is 0.318 e. The maximum atomic E-state index is 12.4. The van der Waals surface area contributed by atoms with Gasteiger partial charge in [-0.3, -0.25) is 0 Å². The van der Waals surface area contributed by atoms with Crippen molar-refractivity contribution in [3.8, 4) is 0 Å². The van der Waals surface area contributed by atoms with Crippen LogP contribution >= 0.6 is 11.3 Å². The van der Waals surface area contributed by atoms with Crippen molar-refractivity contribution in [3.63, 3.8) is 0 Å². The zero-order valence-electron chi connectivity index (χ0n) is 12.4. The van der Waals surface area contributed by atoms with Crippen molar-refractivity contribution in [2.24, 2.45) is 0 Å². The van der Waals surface area contributed by atoms with Crippen LogP contribution in [-0.4, -0.2) is 41.2 Å². The Labute approximate surface area is 124 Å². The summed E-state index contributed by atoms with van der Waals surface area (Å²) in [6.45, 7) is 8.10.